The number of benzene rings is 2. The molecular weight excluding hydrogens is 389 g/mol. The Morgan fingerprint density at radius 1 is 1.18 bits per heavy atom. The summed E-state index contributed by atoms with van der Waals surface area (Å²) < 4.78 is 43.5. The molecule has 0 aliphatic heterocycles. The van der Waals surface area contributed by atoms with Gasteiger partial charge < -0.3 is 10.1 Å². The minimum atomic E-state index is -4.44. The topological polar surface area (TPSA) is 51.2 Å². The number of alkyl halides is 3. The molecule has 4 nitrogen and oxygen atoms in total. The van der Waals surface area contributed by atoms with Crippen LogP contribution in [0.3, 0.4) is 0 Å². The van der Waals surface area contributed by atoms with Gasteiger partial charge in [0.2, 0.25) is 5.91 Å². The van der Waals surface area contributed by atoms with Crippen molar-refractivity contribution in [3.63, 3.8) is 0 Å². The number of rotatable bonds is 5. The highest BCUT2D eigenvalue weighted by Gasteiger charge is 2.30. The molecule has 0 saturated heterocycles. The van der Waals surface area contributed by atoms with E-state index < -0.39 is 17.6 Å². The van der Waals surface area contributed by atoms with Crippen molar-refractivity contribution in [1.29, 1.82) is 0 Å². The maximum Gasteiger partial charge on any atom is 0.416 e. The molecule has 3 aromatic rings. The van der Waals surface area contributed by atoms with Crippen LogP contribution < -0.4 is 10.1 Å². The maximum atomic E-state index is 12.8. The highest BCUT2D eigenvalue weighted by molar-refractivity contribution is 7.16. The lowest BCUT2D eigenvalue weighted by Crippen LogP contribution is -2.15. The van der Waals surface area contributed by atoms with E-state index in [-0.39, 0.29) is 12.0 Å². The molecular formula is C20H17F3N2O2S. The Labute approximate surface area is 164 Å². The average molecular weight is 406 g/mol. The number of aromatic nitrogens is 1. The predicted octanol–water partition coefficient (Wildman–Crippen LogP) is 5.33. The molecule has 8 heteroatoms. The van der Waals surface area contributed by atoms with Crippen LogP contribution >= 0.6 is 11.3 Å². The van der Waals surface area contributed by atoms with Crippen molar-refractivity contribution in [3.05, 3.63) is 64.5 Å². The fourth-order valence-electron chi connectivity index (χ4n) is 2.67. The molecule has 1 heterocycles. The molecule has 28 heavy (non-hydrogen) atoms. The van der Waals surface area contributed by atoms with Crippen LogP contribution in [0.4, 0.5) is 18.3 Å². The van der Waals surface area contributed by atoms with Crippen molar-refractivity contribution in [2.75, 3.05) is 12.4 Å². The van der Waals surface area contributed by atoms with Crippen molar-refractivity contribution in [2.24, 2.45) is 0 Å². The van der Waals surface area contributed by atoms with Crippen LogP contribution in [0.1, 0.15) is 16.0 Å². The summed E-state index contributed by atoms with van der Waals surface area (Å²) in [6, 6.07) is 12.1. The SMILES string of the molecule is COc1ccc(-c2nc(NC(=O)Cc3cccc(C(F)(F)F)c3)sc2C)cc1. The van der Waals surface area contributed by atoms with Crippen LogP contribution in [0.15, 0.2) is 48.5 Å². The molecule has 0 spiro atoms. The van der Waals surface area contributed by atoms with E-state index in [4.69, 9.17) is 4.74 Å². The number of hydrogen-bond acceptors (Lipinski definition) is 4. The molecule has 0 fully saturated rings. The smallest absolute Gasteiger partial charge is 0.416 e. The normalized spacial score (nSPS) is 11.3. The maximum absolute atomic E-state index is 12.8. The second-order valence-corrected chi connectivity index (χ2v) is 7.28. The van der Waals surface area contributed by atoms with E-state index >= 15 is 0 Å². The number of hydrogen-bond donors (Lipinski definition) is 1. The van der Waals surface area contributed by atoms with Gasteiger partial charge in [0, 0.05) is 10.4 Å². The van der Waals surface area contributed by atoms with Crippen LogP contribution in [0.25, 0.3) is 11.3 Å². The van der Waals surface area contributed by atoms with Crippen LogP contribution in [0.5, 0.6) is 5.75 Å². The van der Waals surface area contributed by atoms with Crippen LogP contribution in [-0.4, -0.2) is 18.0 Å². The van der Waals surface area contributed by atoms with Crippen molar-refractivity contribution in [3.8, 4) is 17.0 Å². The molecule has 0 saturated carbocycles. The van der Waals surface area contributed by atoms with E-state index in [1.807, 2.05) is 31.2 Å². The first-order valence-electron chi connectivity index (χ1n) is 8.34. The summed E-state index contributed by atoms with van der Waals surface area (Å²) in [5.41, 5.74) is 1.13. The molecule has 1 amide bonds. The number of anilines is 1. The molecule has 3 rings (SSSR count). The Morgan fingerprint density at radius 2 is 1.89 bits per heavy atom. The van der Waals surface area contributed by atoms with Gasteiger partial charge in [0.1, 0.15) is 5.75 Å². The third-order valence-corrected chi connectivity index (χ3v) is 4.91. The number of thiazole rings is 1. The van der Waals surface area contributed by atoms with E-state index in [1.54, 1.807) is 7.11 Å². The highest BCUT2D eigenvalue weighted by atomic mass is 32.1. The minimum Gasteiger partial charge on any atom is -0.497 e. The number of carbonyl (C=O) groups excluding carboxylic acids is 1. The number of amides is 1. The summed E-state index contributed by atoms with van der Waals surface area (Å²) >= 11 is 1.31. The predicted molar refractivity (Wildman–Crippen MR) is 103 cm³/mol. The van der Waals surface area contributed by atoms with E-state index in [9.17, 15) is 18.0 Å². The summed E-state index contributed by atoms with van der Waals surface area (Å²) in [5.74, 6) is 0.306. The zero-order valence-electron chi connectivity index (χ0n) is 15.1. The molecule has 0 aliphatic rings. The summed E-state index contributed by atoms with van der Waals surface area (Å²) in [4.78, 5) is 17.6. The van der Waals surface area contributed by atoms with Gasteiger partial charge in [-0.3, -0.25) is 4.79 Å². The third kappa shape index (κ3) is 4.69. The van der Waals surface area contributed by atoms with Crippen LogP contribution in [0.2, 0.25) is 0 Å². The Kier molecular flexibility index (Phi) is 5.69. The van der Waals surface area contributed by atoms with Gasteiger partial charge in [-0.05, 0) is 42.8 Å². The molecule has 0 atom stereocenters. The van der Waals surface area contributed by atoms with Gasteiger partial charge in [-0.25, -0.2) is 4.98 Å². The van der Waals surface area contributed by atoms with Gasteiger partial charge in [-0.15, -0.1) is 11.3 Å². The summed E-state index contributed by atoms with van der Waals surface area (Å²) in [7, 11) is 1.58. The Bertz CT molecular complexity index is 982. The molecule has 1 N–H and O–H groups in total. The molecule has 2 aromatic carbocycles. The molecule has 0 unspecified atom stereocenters. The van der Waals surface area contributed by atoms with Crippen molar-refractivity contribution < 1.29 is 22.7 Å². The molecule has 0 bridgehead atoms. The number of ether oxygens (including phenoxy) is 1. The largest absolute Gasteiger partial charge is 0.497 e. The molecule has 1 aromatic heterocycles. The van der Waals surface area contributed by atoms with Crippen molar-refractivity contribution >= 4 is 22.4 Å². The quantitative estimate of drug-likeness (QED) is 0.623. The summed E-state index contributed by atoms with van der Waals surface area (Å²) in [6.07, 6.45) is -4.60. The molecule has 0 radical (unpaired) electrons. The Balaban J connectivity index is 1.71. The Hall–Kier alpha value is -2.87. The Morgan fingerprint density at radius 3 is 2.54 bits per heavy atom. The molecule has 0 aliphatic carbocycles. The van der Waals surface area contributed by atoms with Gasteiger partial charge >= 0.3 is 6.18 Å². The number of halogens is 3. The van der Waals surface area contributed by atoms with Crippen molar-refractivity contribution in [1.82, 2.24) is 4.98 Å². The monoisotopic (exact) mass is 406 g/mol. The molecule has 146 valence electrons. The first-order valence-corrected chi connectivity index (χ1v) is 9.16. The lowest BCUT2D eigenvalue weighted by Gasteiger charge is -2.08. The zero-order valence-corrected chi connectivity index (χ0v) is 15.9. The second-order valence-electron chi connectivity index (χ2n) is 6.08. The van der Waals surface area contributed by atoms with E-state index in [0.29, 0.717) is 5.13 Å². The van der Waals surface area contributed by atoms with Gasteiger partial charge in [0.15, 0.2) is 5.13 Å². The average Bonchev–Trinajstić information content (AvgIpc) is 3.01. The van der Waals surface area contributed by atoms with Crippen LogP contribution in [0, 0.1) is 6.92 Å². The lowest BCUT2D eigenvalue weighted by molar-refractivity contribution is -0.137. The highest BCUT2D eigenvalue weighted by Crippen LogP contribution is 2.32. The number of nitrogens with one attached hydrogen (secondary N) is 1. The van der Waals surface area contributed by atoms with Gasteiger partial charge in [0.05, 0.1) is 24.8 Å². The standard InChI is InChI=1S/C20H17F3N2O2S/c1-12-18(14-6-8-16(27-2)9-7-14)25-19(28-12)24-17(26)11-13-4-3-5-15(10-13)20(21,22)23/h3-10H,11H2,1-2H3,(H,24,25,26). The third-order valence-electron chi connectivity index (χ3n) is 4.03. The minimum absolute atomic E-state index is 0.166. The fraction of sp³-hybridized carbons (Fsp3) is 0.200. The van der Waals surface area contributed by atoms with Crippen LogP contribution in [-0.2, 0) is 17.4 Å². The lowest BCUT2D eigenvalue weighted by atomic mass is 10.1. The van der Waals surface area contributed by atoms with E-state index in [0.717, 1.165) is 34.0 Å². The fourth-order valence-corrected chi connectivity index (χ4v) is 3.53. The number of aryl methyl sites for hydroxylation is 1. The summed E-state index contributed by atoms with van der Waals surface area (Å²) in [5, 5.41) is 3.07. The second kappa shape index (κ2) is 8.02. The van der Waals surface area contributed by atoms with Gasteiger partial charge in [-0.2, -0.15) is 13.2 Å². The zero-order chi connectivity index (χ0) is 20.3. The number of nitrogens with zero attached hydrogens (tertiary/aromatic N) is 1. The van der Waals surface area contributed by atoms with E-state index in [1.165, 1.54) is 23.5 Å². The van der Waals surface area contributed by atoms with E-state index in [2.05, 4.69) is 10.3 Å². The van der Waals surface area contributed by atoms with Crippen molar-refractivity contribution in [2.45, 2.75) is 19.5 Å². The van der Waals surface area contributed by atoms with Gasteiger partial charge in [-0.1, -0.05) is 18.2 Å². The number of carbonyl (C=O) groups is 1. The first kappa shape index (κ1) is 19.9. The first-order chi connectivity index (χ1) is 13.3. The number of methoxy groups -OCH3 is 1. The summed E-state index contributed by atoms with van der Waals surface area (Å²) in [6.45, 7) is 1.89. The van der Waals surface area contributed by atoms with Gasteiger partial charge in [0.25, 0.3) is 0 Å².